The molecule has 10 aromatic carbocycles. The van der Waals surface area contributed by atoms with Crippen molar-refractivity contribution in [3.05, 3.63) is 248 Å². The number of para-hydroxylation sites is 1. The van der Waals surface area contributed by atoms with Crippen molar-refractivity contribution in [3.63, 3.8) is 0 Å². The van der Waals surface area contributed by atoms with Gasteiger partial charge in [-0.05, 0) is 146 Å². The van der Waals surface area contributed by atoms with Gasteiger partial charge in [0.1, 0.15) is 0 Å². The van der Waals surface area contributed by atoms with Crippen LogP contribution < -0.4 is 31.1 Å². The van der Waals surface area contributed by atoms with Crippen molar-refractivity contribution in [3.8, 4) is 44.5 Å². The molecule has 1 saturated carbocycles. The molecule has 0 radical (unpaired) electrons. The molecule has 75 heavy (non-hydrogen) atoms. The summed E-state index contributed by atoms with van der Waals surface area (Å²) in [6.45, 7) is 10.2. The number of hydrogen-bond donors (Lipinski definition) is 0. The van der Waals surface area contributed by atoms with Gasteiger partial charge in [0.15, 0.2) is 0 Å². The van der Waals surface area contributed by atoms with Crippen LogP contribution in [0.5, 0.6) is 0 Å². The highest BCUT2D eigenvalue weighted by atomic mass is 15.3. The molecule has 362 valence electrons. The first-order valence-corrected chi connectivity index (χ1v) is 27.1. The third-order valence-corrected chi connectivity index (χ3v) is 18.4. The minimum Gasteiger partial charge on any atom is -0.335 e. The topological polar surface area (TPSA) is 9.72 Å². The third kappa shape index (κ3) is 6.95. The van der Waals surface area contributed by atoms with Crippen molar-refractivity contribution in [2.45, 2.75) is 64.3 Å². The zero-order valence-corrected chi connectivity index (χ0v) is 43.3. The maximum atomic E-state index is 2.82. The Kier molecular flexibility index (Phi) is 10.5. The molecule has 0 amide bonds. The number of rotatable bonds is 7. The zero-order valence-electron chi connectivity index (χ0n) is 43.3. The fourth-order valence-corrected chi connectivity index (χ4v) is 14.2. The second-order valence-electron chi connectivity index (χ2n) is 22.4. The highest BCUT2D eigenvalue weighted by Gasteiger charge is 2.62. The second-order valence-corrected chi connectivity index (χ2v) is 22.4. The Morgan fingerprint density at radius 1 is 0.333 bits per heavy atom. The Morgan fingerprint density at radius 2 is 0.747 bits per heavy atom. The van der Waals surface area contributed by atoms with Crippen LogP contribution in [0.1, 0.15) is 58.9 Å². The fraction of sp³-hybridized carbons (Fsp3) is 0.155. The lowest BCUT2D eigenvalue weighted by Gasteiger charge is -2.66. The van der Waals surface area contributed by atoms with E-state index in [9.17, 15) is 0 Å². The first-order chi connectivity index (χ1) is 36.7. The van der Waals surface area contributed by atoms with E-state index in [-0.39, 0.29) is 23.1 Å². The molecule has 3 nitrogen and oxygen atoms in total. The third-order valence-electron chi connectivity index (χ3n) is 18.4. The van der Waals surface area contributed by atoms with E-state index < -0.39 is 0 Å². The Morgan fingerprint density at radius 3 is 1.23 bits per heavy atom. The van der Waals surface area contributed by atoms with Crippen molar-refractivity contribution < 1.29 is 0 Å². The maximum absolute atomic E-state index is 2.82. The van der Waals surface area contributed by atoms with Crippen LogP contribution in [-0.2, 0) is 5.41 Å². The van der Waals surface area contributed by atoms with Crippen molar-refractivity contribution in [1.29, 1.82) is 0 Å². The van der Waals surface area contributed by atoms with Gasteiger partial charge >= 0.3 is 0 Å². The van der Waals surface area contributed by atoms with Crippen LogP contribution in [-0.4, -0.2) is 12.3 Å². The van der Waals surface area contributed by atoms with Gasteiger partial charge in [0.05, 0.1) is 0 Å². The molecule has 14 rings (SSSR count). The average Bonchev–Trinajstić information content (AvgIpc) is 3.46. The summed E-state index contributed by atoms with van der Waals surface area (Å²) in [5, 5.41) is 0. The normalized spacial score (nSPS) is 18.8. The standard InChI is InChI=1S/C71H60BN3/c1-69(2)60-35-17-18-36-63(60)75(71(4)42-20-19-41-70(69,71)3)59-47-66-68-67(48-59)74(58-34-22-32-54(44-58)50-25-11-6-12-26-50)65-46-56(52-29-15-8-16-30-52)38-40-62(65)72(68)61-39-37-55(51-27-13-7-14-28-51)45-64(61)73(66)57-33-21-31-53(43-57)49-23-9-5-10-24-49/h5-18,21-40,43-48H,19-20,41-42H2,1-4H3. The lowest BCUT2D eigenvalue weighted by molar-refractivity contribution is 0.0106. The summed E-state index contributed by atoms with van der Waals surface area (Å²) >= 11 is 0. The van der Waals surface area contributed by atoms with Gasteiger partial charge in [-0.25, -0.2) is 0 Å². The quantitative estimate of drug-likeness (QED) is 0.147. The van der Waals surface area contributed by atoms with Crippen molar-refractivity contribution >= 4 is 68.6 Å². The maximum Gasteiger partial charge on any atom is 0.252 e. The van der Waals surface area contributed by atoms with Crippen LogP contribution in [0.25, 0.3) is 44.5 Å². The minimum absolute atomic E-state index is 0.0238. The predicted octanol–water partition coefficient (Wildman–Crippen LogP) is 17.2. The molecule has 10 aromatic rings. The molecule has 0 spiro atoms. The lowest BCUT2D eigenvalue weighted by atomic mass is 9.33. The number of nitrogens with zero attached hydrogens (tertiary/aromatic N) is 3. The van der Waals surface area contributed by atoms with Crippen molar-refractivity contribution in [2.75, 3.05) is 14.7 Å². The summed E-state index contributed by atoms with van der Waals surface area (Å²) in [5.41, 5.74) is 24.3. The van der Waals surface area contributed by atoms with Crippen LogP contribution in [0.2, 0.25) is 0 Å². The molecule has 3 heterocycles. The Hall–Kier alpha value is -8.34. The van der Waals surface area contributed by atoms with E-state index in [0.717, 1.165) is 17.8 Å². The minimum atomic E-state index is -0.195. The summed E-state index contributed by atoms with van der Waals surface area (Å²) in [6, 6.07) is 91.2. The van der Waals surface area contributed by atoms with Gasteiger partial charge in [0, 0.05) is 56.5 Å². The number of benzene rings is 10. The molecule has 0 bridgehead atoms. The molecule has 2 unspecified atom stereocenters. The van der Waals surface area contributed by atoms with Gasteiger partial charge in [0.25, 0.3) is 6.71 Å². The van der Waals surface area contributed by atoms with Crippen LogP contribution >= 0.6 is 0 Å². The molecule has 0 aromatic heterocycles. The number of fused-ring (bicyclic) bond motifs is 6. The Bertz CT molecular complexity index is 3620. The smallest absolute Gasteiger partial charge is 0.252 e. The van der Waals surface area contributed by atoms with E-state index in [4.69, 9.17) is 0 Å². The van der Waals surface area contributed by atoms with Gasteiger partial charge < -0.3 is 14.7 Å². The first-order valence-electron chi connectivity index (χ1n) is 27.1. The summed E-state index contributed by atoms with van der Waals surface area (Å²) in [5.74, 6) is 0. The summed E-state index contributed by atoms with van der Waals surface area (Å²) in [6.07, 6.45) is 4.71. The molecule has 0 saturated heterocycles. The zero-order chi connectivity index (χ0) is 50.5. The predicted molar refractivity (Wildman–Crippen MR) is 319 cm³/mol. The molecule has 2 atom stereocenters. The van der Waals surface area contributed by atoms with E-state index in [1.165, 1.54) is 120 Å². The van der Waals surface area contributed by atoms with Crippen molar-refractivity contribution in [2.24, 2.45) is 5.41 Å². The van der Waals surface area contributed by atoms with E-state index in [1.54, 1.807) is 0 Å². The van der Waals surface area contributed by atoms with Gasteiger partial charge in [0.2, 0.25) is 0 Å². The lowest BCUT2D eigenvalue weighted by Crippen LogP contribution is -2.67. The van der Waals surface area contributed by atoms with E-state index in [0.29, 0.717) is 0 Å². The SMILES string of the molecule is CC1(C)c2ccccc2N(c2cc3c4c(c2)N(c2cccc(-c5ccccc5)c2)c2cc(-c5ccccc5)ccc2B4c2ccc(-c4ccccc4)cc2N3c2cccc(-c3ccccc3)c2)C2(C)CCCCC12C. The molecule has 4 aliphatic rings. The highest BCUT2D eigenvalue weighted by Crippen LogP contribution is 2.65. The second kappa shape index (κ2) is 17.4. The molecule has 4 heteroatoms. The van der Waals surface area contributed by atoms with Crippen molar-refractivity contribution in [1.82, 2.24) is 0 Å². The molecule has 0 N–H and O–H groups in total. The molecular formula is C71H60BN3. The summed E-state index contributed by atoms with van der Waals surface area (Å²) in [7, 11) is 0. The Balaban J connectivity index is 1.12. The van der Waals surface area contributed by atoms with Gasteiger partial charge in [-0.2, -0.15) is 0 Å². The molecule has 1 fully saturated rings. The Labute approximate surface area is 443 Å². The van der Waals surface area contributed by atoms with E-state index in [1.807, 2.05) is 0 Å². The van der Waals surface area contributed by atoms with Gasteiger partial charge in [-0.15, -0.1) is 0 Å². The van der Waals surface area contributed by atoms with Gasteiger partial charge in [-0.1, -0.05) is 222 Å². The average molecular weight is 966 g/mol. The van der Waals surface area contributed by atoms with Crippen LogP contribution in [0.15, 0.2) is 243 Å². The van der Waals surface area contributed by atoms with Crippen LogP contribution in [0.4, 0.5) is 45.5 Å². The largest absolute Gasteiger partial charge is 0.335 e. The number of hydrogen-bond acceptors (Lipinski definition) is 3. The first kappa shape index (κ1) is 45.3. The summed E-state index contributed by atoms with van der Waals surface area (Å²) in [4.78, 5) is 8.07. The molecule has 3 aliphatic heterocycles. The van der Waals surface area contributed by atoms with Crippen LogP contribution in [0.3, 0.4) is 0 Å². The monoisotopic (exact) mass is 965 g/mol. The molecule has 1 aliphatic carbocycles. The van der Waals surface area contributed by atoms with E-state index >= 15 is 0 Å². The molecular weight excluding hydrogens is 906 g/mol. The van der Waals surface area contributed by atoms with Gasteiger partial charge in [-0.3, -0.25) is 0 Å². The fourth-order valence-electron chi connectivity index (χ4n) is 14.2. The van der Waals surface area contributed by atoms with E-state index in [2.05, 4.69) is 285 Å². The van der Waals surface area contributed by atoms with Crippen LogP contribution in [0, 0.1) is 5.41 Å². The summed E-state index contributed by atoms with van der Waals surface area (Å²) < 4.78 is 0. The highest BCUT2D eigenvalue weighted by molar-refractivity contribution is 7.00. The number of anilines is 8.